The summed E-state index contributed by atoms with van der Waals surface area (Å²) in [4.78, 5) is 63.5. The van der Waals surface area contributed by atoms with Crippen molar-refractivity contribution in [2.24, 2.45) is 45.1 Å². The van der Waals surface area contributed by atoms with E-state index in [0.717, 1.165) is 56.9 Å². The molecule has 4 saturated carbocycles. The number of rotatable bonds is 10. The van der Waals surface area contributed by atoms with Gasteiger partial charge in [0.25, 0.3) is 0 Å². The van der Waals surface area contributed by atoms with Gasteiger partial charge in [0.1, 0.15) is 25.5 Å². The molecule has 6 heterocycles. The Morgan fingerprint density at radius 3 is 1.43 bits per heavy atom. The summed E-state index contributed by atoms with van der Waals surface area (Å²) in [5.41, 5.74) is 5.03. The Bertz CT molecular complexity index is 3660. The molecule has 8 aliphatic rings. The first kappa shape index (κ1) is 70.2. The van der Waals surface area contributed by atoms with Gasteiger partial charge in [-0.15, -0.1) is 12.4 Å². The number of aliphatic carboxylic acids is 1. The lowest BCUT2D eigenvalue weighted by Crippen LogP contribution is -2.52. The van der Waals surface area contributed by atoms with Crippen LogP contribution in [-0.2, 0) is 59.2 Å². The molecule has 12 rings (SSSR count). The fourth-order valence-electron chi connectivity index (χ4n) is 17.0. The maximum Gasteiger partial charge on any atom is 0.307 e. The fraction of sp³-hybridized carbons (Fsp3) is 0.600. The van der Waals surface area contributed by atoms with E-state index in [1.807, 2.05) is 6.07 Å². The highest BCUT2D eigenvalue weighted by Crippen LogP contribution is 2.74. The van der Waals surface area contributed by atoms with Gasteiger partial charge in [-0.2, -0.15) is 0 Å². The second-order valence-electron chi connectivity index (χ2n) is 28.3. The van der Waals surface area contributed by atoms with Gasteiger partial charge < -0.3 is 30.9 Å². The molecule has 4 spiro atoms. The van der Waals surface area contributed by atoms with Gasteiger partial charge in [0, 0.05) is 76.5 Å². The van der Waals surface area contributed by atoms with Crippen LogP contribution >= 0.6 is 58.8 Å². The lowest BCUT2D eigenvalue weighted by molar-refractivity contribution is -0.142. The largest absolute Gasteiger partial charge is 0.481 e. The molecule has 16 nitrogen and oxygen atoms in total. The number of amides is 2. The molecule has 0 unspecified atom stereocenters. The molecule has 492 valence electrons. The van der Waals surface area contributed by atoms with Crippen molar-refractivity contribution in [2.75, 3.05) is 47.9 Å². The number of benzene rings is 2. The number of Topliss-reactive ketones (excluding diaryl/α,β-unsaturated/α-hetero) is 1. The predicted octanol–water partition coefficient (Wildman–Crippen LogP) is 13.1. The molecule has 4 aliphatic carbocycles. The first-order valence-electron chi connectivity index (χ1n) is 30.6. The number of pyridine rings is 2. The van der Waals surface area contributed by atoms with Crippen LogP contribution in [0, 0.1) is 51.0 Å². The quantitative estimate of drug-likeness (QED) is 0.108. The number of fused-ring (bicyclic) bond motifs is 6. The van der Waals surface area contributed by atoms with E-state index in [-0.39, 0.29) is 117 Å². The average molecular weight is 1390 g/mol. The van der Waals surface area contributed by atoms with E-state index in [2.05, 4.69) is 48.3 Å². The van der Waals surface area contributed by atoms with Gasteiger partial charge in [0.15, 0.2) is 21.9 Å². The zero-order valence-corrected chi connectivity index (χ0v) is 56.8. The molecule has 90 heavy (non-hydrogen) atoms. The van der Waals surface area contributed by atoms with Crippen molar-refractivity contribution in [3.63, 3.8) is 0 Å². The van der Waals surface area contributed by atoms with Crippen LogP contribution in [0.4, 0.5) is 20.2 Å². The van der Waals surface area contributed by atoms with Crippen LogP contribution in [0.2, 0.25) is 20.4 Å². The number of hydrogen-bond acceptors (Lipinski definition) is 13. The molecule has 2 amide bonds. The summed E-state index contributed by atoms with van der Waals surface area (Å²) in [5.74, 6) is -6.41. The van der Waals surface area contributed by atoms with Crippen LogP contribution in [0.3, 0.4) is 0 Å². The summed E-state index contributed by atoms with van der Waals surface area (Å²) < 4.78 is 88.0. The minimum absolute atomic E-state index is 0. The Kier molecular flexibility index (Phi) is 20.5. The zero-order valence-electron chi connectivity index (χ0n) is 51.3. The number of carboxylic acid groups (broad SMARTS) is 1. The van der Waals surface area contributed by atoms with Crippen LogP contribution in [0.1, 0.15) is 158 Å². The van der Waals surface area contributed by atoms with Gasteiger partial charge in [-0.1, -0.05) is 86.2 Å². The first-order valence-corrected chi connectivity index (χ1v) is 36.2. The van der Waals surface area contributed by atoms with Crippen LogP contribution < -0.4 is 16.4 Å². The van der Waals surface area contributed by atoms with E-state index in [0.29, 0.717) is 65.7 Å². The molecule has 0 bridgehead atoms. The van der Waals surface area contributed by atoms with Gasteiger partial charge in [0.2, 0.25) is 11.8 Å². The number of halogens is 7. The molecule has 5 N–H and O–H groups in total. The Balaban J connectivity index is 0.000000183. The topological polar surface area (TPSA) is 251 Å². The number of carbonyl (C=O) groups excluding carboxylic acids is 3. The molecule has 4 aromatic rings. The molecule has 2 aromatic carbocycles. The van der Waals surface area contributed by atoms with Gasteiger partial charge in [-0.05, 0) is 176 Å². The van der Waals surface area contributed by atoms with Crippen LogP contribution in [0.15, 0.2) is 60.9 Å². The van der Waals surface area contributed by atoms with E-state index in [1.165, 1.54) is 31.0 Å². The normalized spacial score (nSPS) is 30.1. The highest BCUT2D eigenvalue weighted by molar-refractivity contribution is 7.90. The molecule has 6 fully saturated rings. The van der Waals surface area contributed by atoms with Crippen LogP contribution in [0.25, 0.3) is 0 Å². The SMILES string of the molecule is CC1(C)CCC2(CC1)C[C@@H](C(=O)C[C@@H]1CC[C@@H](CS(C)(=O)=O)OC1)[C@H](c1ccnc(Cl)c1F)[C@]21C(=O)Nc2cc(Cl)ccc21.CC1(C)CCC2(CC1)C[C@@H](C(=O)O)[C@H](c1ccnc(Cl)c1F)[C@]21C(=O)Nc2cc(Cl)ccc21.CS(=O)(=O)C[C@@H]1CC[C@@H](N)CO1.Cl. The van der Waals surface area contributed by atoms with E-state index < -0.39 is 82.6 Å². The molecular formula is C65H80Cl5F2N5O11S2. The molecule has 10 atom stereocenters. The first-order chi connectivity index (χ1) is 41.7. The number of hydrogen-bond donors (Lipinski definition) is 4. The van der Waals surface area contributed by atoms with Crippen LogP contribution in [0.5, 0.6) is 0 Å². The third-order valence-electron chi connectivity index (χ3n) is 21.3. The number of sulfone groups is 2. The maximum absolute atomic E-state index is 16.1. The third kappa shape index (κ3) is 13.3. The van der Waals surface area contributed by atoms with Crippen molar-refractivity contribution in [1.29, 1.82) is 0 Å². The van der Waals surface area contributed by atoms with E-state index in [1.54, 1.807) is 36.4 Å². The maximum atomic E-state index is 16.1. The van der Waals surface area contributed by atoms with Crippen molar-refractivity contribution < 1.29 is 59.4 Å². The second kappa shape index (κ2) is 26.3. The molecular weight excluding hydrogens is 1310 g/mol. The number of carboxylic acids is 1. The summed E-state index contributed by atoms with van der Waals surface area (Å²) >= 11 is 24.9. The lowest BCUT2D eigenvalue weighted by atomic mass is 9.51. The smallest absolute Gasteiger partial charge is 0.307 e. The van der Waals surface area contributed by atoms with Gasteiger partial charge >= 0.3 is 5.97 Å². The Morgan fingerprint density at radius 2 is 1.04 bits per heavy atom. The summed E-state index contributed by atoms with van der Waals surface area (Å²) in [6, 6.07) is 13.7. The summed E-state index contributed by atoms with van der Waals surface area (Å²) in [6.07, 6.45) is 14.7. The number of anilines is 2. The fourth-order valence-corrected chi connectivity index (χ4v) is 19.5. The molecule has 0 radical (unpaired) electrons. The predicted molar refractivity (Wildman–Crippen MR) is 346 cm³/mol. The van der Waals surface area contributed by atoms with Gasteiger partial charge in [0.05, 0.1) is 53.7 Å². The lowest BCUT2D eigenvalue weighted by Gasteiger charge is -2.51. The molecule has 25 heteroatoms. The summed E-state index contributed by atoms with van der Waals surface area (Å²) in [5, 5.41) is 16.7. The highest BCUT2D eigenvalue weighted by Gasteiger charge is 2.74. The number of nitrogens with two attached hydrogens (primary N) is 1. The Labute approximate surface area is 552 Å². The standard InChI is InChI=1S/C33H39Cl2FN2O5S.C25H25Cl2FN2O3.C7H15NO3S.ClH/c1-31(2)9-11-32(12-10-31)16-23(26(39)14-19-4-6-21(43-17-19)18-44(3,41)42)27(22-8-13-37-29(35)28(22)36)33(32)24-7-5-20(34)15-25(24)38-30(33)40;1-23(2)6-8-24(9-7-23)12-15(21(31)32)18(14-5-10-29-20(27)19(14)28)25(24)16-4-3-13(26)11-17(16)30-22(25)33;1-12(9,10)5-7-3-2-6(8)4-11-7;/h5,7-8,13,15,19,21,23,27H,4,6,9-12,14,16-18H2,1-3H3,(H,38,40);3-5,10-11,15,18H,6-9,12H2,1-2H3,(H,30,33)(H,31,32);6-7H,2-5,8H2,1H3;1H/t19-,21-,23-,27-,33+;15-,18+,25-;6-,7+;/m011./s1. The molecule has 4 aliphatic heterocycles. The number of carbonyl (C=O) groups is 4. The number of aromatic nitrogens is 2. The average Bonchev–Trinajstić information content (AvgIpc) is 1.51. The van der Waals surface area contributed by atoms with Gasteiger partial charge in [-0.3, -0.25) is 19.2 Å². The van der Waals surface area contributed by atoms with Crippen molar-refractivity contribution in [1.82, 2.24) is 9.97 Å². The summed E-state index contributed by atoms with van der Waals surface area (Å²) in [6.45, 7) is 9.61. The number of nitrogens with one attached hydrogen (secondary N) is 2. The van der Waals surface area contributed by atoms with E-state index in [4.69, 9.17) is 61.6 Å². The Morgan fingerprint density at radius 1 is 0.633 bits per heavy atom. The molecule has 2 aromatic heterocycles. The zero-order chi connectivity index (χ0) is 64.6. The van der Waals surface area contributed by atoms with Crippen molar-refractivity contribution in [3.8, 4) is 0 Å². The van der Waals surface area contributed by atoms with E-state index in [9.17, 15) is 41.1 Å². The molecule has 2 saturated heterocycles. The van der Waals surface area contributed by atoms with Crippen molar-refractivity contribution in [3.05, 3.63) is 115 Å². The second-order valence-corrected chi connectivity index (χ2v) is 34.2. The number of ketones is 1. The van der Waals surface area contributed by atoms with E-state index >= 15 is 8.78 Å². The number of nitrogens with zero attached hydrogens (tertiary/aromatic N) is 2. The van der Waals surface area contributed by atoms with Crippen LogP contribution in [-0.4, -0.2) is 111 Å². The van der Waals surface area contributed by atoms with Crippen molar-refractivity contribution in [2.45, 2.75) is 165 Å². The van der Waals surface area contributed by atoms with Crippen molar-refractivity contribution >= 4 is 113 Å². The third-order valence-corrected chi connectivity index (χ3v) is 24.2. The minimum Gasteiger partial charge on any atom is -0.481 e. The summed E-state index contributed by atoms with van der Waals surface area (Å²) in [7, 11) is -6.09. The Hall–Kier alpha value is -4.09. The van der Waals surface area contributed by atoms with Gasteiger partial charge in [-0.25, -0.2) is 35.6 Å². The highest BCUT2D eigenvalue weighted by atomic mass is 35.5. The monoisotopic (exact) mass is 1380 g/mol. The minimum atomic E-state index is -3.18. The number of ether oxygens (including phenoxy) is 2.